The van der Waals surface area contributed by atoms with E-state index in [0.29, 0.717) is 38.3 Å². The Balaban J connectivity index is 1.82. The smallest absolute Gasteiger partial charge is 0.262 e. The molecule has 7 nitrogen and oxygen atoms in total. The third kappa shape index (κ3) is 6.81. The van der Waals surface area contributed by atoms with Gasteiger partial charge < -0.3 is 19.5 Å². The van der Waals surface area contributed by atoms with Gasteiger partial charge in [0, 0.05) is 22.5 Å². The van der Waals surface area contributed by atoms with Crippen LogP contribution >= 0.6 is 39.5 Å². The molecule has 1 N–H and O–H groups in total. The normalized spacial score (nSPS) is 11.5. The Morgan fingerprint density at radius 2 is 1.94 bits per heavy atom. The molecule has 0 saturated carbocycles. The number of allylic oxidation sites excluding steroid dienone is 2. The minimum atomic E-state index is -0.250. The molecule has 0 aliphatic rings. The maximum atomic E-state index is 12.3. The highest BCUT2D eigenvalue weighted by molar-refractivity contribution is 9.11. The number of benzene rings is 2. The van der Waals surface area contributed by atoms with Crippen LogP contribution in [-0.2, 0) is 4.79 Å². The Morgan fingerprint density at radius 3 is 2.63 bits per heavy atom. The van der Waals surface area contributed by atoms with Crippen molar-refractivity contribution in [1.29, 1.82) is 0 Å². The summed E-state index contributed by atoms with van der Waals surface area (Å²) in [6.07, 6.45) is 8.25. The van der Waals surface area contributed by atoms with E-state index in [0.717, 1.165) is 15.8 Å². The zero-order valence-corrected chi connectivity index (χ0v) is 22.6. The fourth-order valence-electron chi connectivity index (χ4n) is 3.08. The maximum absolute atomic E-state index is 12.3. The Bertz CT molecular complexity index is 1280. The van der Waals surface area contributed by atoms with E-state index in [9.17, 15) is 4.79 Å². The lowest BCUT2D eigenvalue weighted by molar-refractivity contribution is -0.115. The average molecular weight is 575 g/mol. The van der Waals surface area contributed by atoms with E-state index in [1.165, 1.54) is 29.9 Å². The summed E-state index contributed by atoms with van der Waals surface area (Å²) in [6, 6.07) is 11.0. The van der Waals surface area contributed by atoms with Crippen molar-refractivity contribution in [2.45, 2.75) is 4.90 Å². The van der Waals surface area contributed by atoms with Crippen molar-refractivity contribution in [3.8, 4) is 23.0 Å². The first-order valence-corrected chi connectivity index (χ1v) is 13.6. The van der Waals surface area contributed by atoms with Crippen molar-refractivity contribution in [2.75, 3.05) is 25.1 Å². The van der Waals surface area contributed by atoms with Gasteiger partial charge in [-0.1, -0.05) is 28.6 Å². The Hall–Kier alpha value is -2.95. The number of amides is 1. The molecule has 1 amide bonds. The van der Waals surface area contributed by atoms with E-state index in [1.807, 2.05) is 36.6 Å². The lowest BCUT2D eigenvalue weighted by Gasteiger charge is -2.13. The minimum Gasteiger partial charge on any atom is -0.493 e. The molecule has 3 aromatic rings. The molecule has 10 heteroatoms. The van der Waals surface area contributed by atoms with Gasteiger partial charge in [0.25, 0.3) is 5.91 Å². The molecule has 1 heterocycles. The first-order chi connectivity index (χ1) is 17.0. The van der Waals surface area contributed by atoms with Crippen molar-refractivity contribution >= 4 is 68.3 Å². The van der Waals surface area contributed by atoms with Crippen molar-refractivity contribution in [3.05, 3.63) is 66.2 Å². The quantitative estimate of drug-likeness (QED) is 0.0682. The summed E-state index contributed by atoms with van der Waals surface area (Å²) in [7, 11) is 3.17. The number of nitrogens with one attached hydrogen (secondary N) is 1. The fourth-order valence-corrected chi connectivity index (χ4v) is 4.88. The van der Waals surface area contributed by atoms with E-state index in [4.69, 9.17) is 14.2 Å². The molecule has 0 radical (unpaired) electrons. The number of pyridine rings is 1. The van der Waals surface area contributed by atoms with E-state index < -0.39 is 0 Å². The standard InChI is InChI=1S/C25H24BrN3O4S2/c1-5-6-23(35-14-26)25(30)29-15-28-18-8-7-16(11-24(18)34-4)33-20-9-10-27-19-13-22(32-3)21(31-2)12-17(19)20/h5-13,15H,1,14H2,2-4H3,(H,28,29,30)/b23-6-. The van der Waals surface area contributed by atoms with Crippen LogP contribution in [0.25, 0.3) is 10.9 Å². The number of carbonyl (C=O) groups is 1. The maximum Gasteiger partial charge on any atom is 0.262 e. The van der Waals surface area contributed by atoms with Crippen LogP contribution in [0.2, 0.25) is 0 Å². The number of methoxy groups -OCH3 is 2. The summed E-state index contributed by atoms with van der Waals surface area (Å²) >= 11 is 6.20. The Labute approximate surface area is 221 Å². The van der Waals surface area contributed by atoms with Gasteiger partial charge in [-0.15, -0.1) is 23.5 Å². The molecule has 2 aromatic carbocycles. The van der Waals surface area contributed by atoms with Gasteiger partial charge in [0.1, 0.15) is 11.5 Å². The zero-order valence-electron chi connectivity index (χ0n) is 19.4. The number of hydrogen-bond acceptors (Lipinski definition) is 8. The molecule has 0 fully saturated rings. The number of fused-ring (bicyclic) bond motifs is 1. The van der Waals surface area contributed by atoms with Crippen molar-refractivity contribution in [3.63, 3.8) is 0 Å². The molecule has 0 aliphatic carbocycles. The summed E-state index contributed by atoms with van der Waals surface area (Å²) in [4.78, 5) is 22.6. The predicted molar refractivity (Wildman–Crippen MR) is 149 cm³/mol. The molecule has 182 valence electrons. The van der Waals surface area contributed by atoms with Gasteiger partial charge in [-0.05, 0) is 42.7 Å². The number of aliphatic imine (C=N–C) groups is 1. The summed E-state index contributed by atoms with van der Waals surface area (Å²) in [6.45, 7) is 3.64. The first-order valence-electron chi connectivity index (χ1n) is 10.3. The monoisotopic (exact) mass is 573 g/mol. The summed E-state index contributed by atoms with van der Waals surface area (Å²) in [5.74, 6) is 2.22. The number of carbonyl (C=O) groups excluding carboxylic acids is 1. The summed E-state index contributed by atoms with van der Waals surface area (Å²) in [5.41, 5.74) is 1.43. The second-order valence-corrected chi connectivity index (χ2v) is 9.89. The average Bonchev–Trinajstić information content (AvgIpc) is 2.88. The SMILES string of the molecule is C=C/C=C(\SCBr)C(=O)NC=Nc1ccc(Oc2ccnc3cc(OC)c(OC)cc23)cc1SC. The van der Waals surface area contributed by atoms with Crippen molar-refractivity contribution in [1.82, 2.24) is 10.3 Å². The topological polar surface area (TPSA) is 82.0 Å². The Morgan fingerprint density at radius 1 is 1.17 bits per heavy atom. The largest absolute Gasteiger partial charge is 0.493 e. The van der Waals surface area contributed by atoms with Crippen LogP contribution in [0.1, 0.15) is 0 Å². The number of hydrogen-bond donors (Lipinski definition) is 1. The summed E-state index contributed by atoms with van der Waals surface area (Å²) in [5, 5.41) is 3.49. The number of halogens is 1. The number of aromatic nitrogens is 1. The molecular weight excluding hydrogens is 550 g/mol. The fraction of sp³-hybridized carbons (Fsp3) is 0.160. The molecule has 0 spiro atoms. The van der Waals surface area contributed by atoms with E-state index >= 15 is 0 Å². The number of rotatable bonds is 11. The number of thioether (sulfide) groups is 2. The highest BCUT2D eigenvalue weighted by atomic mass is 79.9. The van der Waals surface area contributed by atoms with Gasteiger partial charge >= 0.3 is 0 Å². The molecule has 0 unspecified atom stereocenters. The third-order valence-corrected chi connectivity index (χ3v) is 6.88. The van der Waals surface area contributed by atoms with Crippen LogP contribution in [0.15, 0.2) is 76.1 Å². The highest BCUT2D eigenvalue weighted by Gasteiger charge is 2.12. The van der Waals surface area contributed by atoms with Gasteiger partial charge in [-0.25, -0.2) is 4.99 Å². The van der Waals surface area contributed by atoms with Crippen LogP contribution in [-0.4, -0.2) is 42.4 Å². The van der Waals surface area contributed by atoms with E-state index in [2.05, 4.69) is 37.8 Å². The molecular formula is C25H24BrN3O4S2. The summed E-state index contributed by atoms with van der Waals surface area (Å²) < 4.78 is 17.6. The molecule has 1 aromatic heterocycles. The zero-order chi connectivity index (χ0) is 25.2. The number of alkyl halides is 1. The van der Waals surface area contributed by atoms with Crippen LogP contribution in [0.5, 0.6) is 23.0 Å². The lowest BCUT2D eigenvalue weighted by atomic mass is 10.2. The number of nitrogens with zero attached hydrogens (tertiary/aromatic N) is 2. The van der Waals surface area contributed by atoms with Crippen LogP contribution in [0.4, 0.5) is 5.69 Å². The molecule has 0 saturated heterocycles. The lowest BCUT2D eigenvalue weighted by Crippen LogP contribution is -2.22. The molecule has 0 aliphatic heterocycles. The second-order valence-electron chi connectivity index (χ2n) is 6.72. The number of ether oxygens (including phenoxy) is 3. The van der Waals surface area contributed by atoms with Gasteiger partial charge in [-0.3, -0.25) is 9.78 Å². The third-order valence-electron chi connectivity index (χ3n) is 4.69. The predicted octanol–water partition coefficient (Wildman–Crippen LogP) is 6.70. The molecule has 3 rings (SSSR count). The van der Waals surface area contributed by atoms with Crippen molar-refractivity contribution < 1.29 is 19.0 Å². The molecule has 0 bridgehead atoms. The van der Waals surface area contributed by atoms with Crippen molar-refractivity contribution in [2.24, 2.45) is 4.99 Å². The Kier molecular flexibility index (Phi) is 10.1. The molecule has 0 atom stereocenters. The highest BCUT2D eigenvalue weighted by Crippen LogP contribution is 2.38. The van der Waals surface area contributed by atoms with Crippen LogP contribution < -0.4 is 19.5 Å². The van der Waals surface area contributed by atoms with Gasteiger partial charge in [0.2, 0.25) is 0 Å². The van der Waals surface area contributed by atoms with Gasteiger partial charge in [0.15, 0.2) is 11.5 Å². The van der Waals surface area contributed by atoms with Gasteiger partial charge in [0.05, 0.1) is 41.3 Å². The van der Waals surface area contributed by atoms with E-state index in [1.54, 1.807) is 38.6 Å². The second kappa shape index (κ2) is 13.2. The first kappa shape index (κ1) is 26.7. The van der Waals surface area contributed by atoms with Crippen LogP contribution in [0, 0.1) is 0 Å². The minimum absolute atomic E-state index is 0.250. The van der Waals surface area contributed by atoms with Gasteiger partial charge in [-0.2, -0.15) is 0 Å². The van der Waals surface area contributed by atoms with Crippen LogP contribution in [0.3, 0.4) is 0 Å². The van der Waals surface area contributed by atoms with E-state index in [-0.39, 0.29) is 5.91 Å². The molecule has 35 heavy (non-hydrogen) atoms.